The van der Waals surface area contributed by atoms with Gasteiger partial charge in [0.15, 0.2) is 0 Å². The molecule has 0 bridgehead atoms. The number of hydrogen-bond donors (Lipinski definition) is 3. The van der Waals surface area contributed by atoms with E-state index in [9.17, 15) is 0 Å². The summed E-state index contributed by atoms with van der Waals surface area (Å²) in [6.45, 7) is 4.58. The van der Waals surface area contributed by atoms with Crippen molar-refractivity contribution in [1.82, 2.24) is 0 Å². The summed E-state index contributed by atoms with van der Waals surface area (Å²) in [5.74, 6) is 0.823. The molecule has 3 N–H and O–H groups in total. The van der Waals surface area contributed by atoms with Crippen LogP contribution in [0, 0.1) is 5.92 Å². The van der Waals surface area contributed by atoms with Crippen molar-refractivity contribution in [1.29, 1.82) is 0 Å². The lowest BCUT2D eigenvalue weighted by Gasteiger charge is -2.01. The molecule has 0 saturated carbocycles. The van der Waals surface area contributed by atoms with E-state index in [-0.39, 0.29) is 13.2 Å². The Kier molecular flexibility index (Phi) is 17.0. The molecule has 0 aliphatic heterocycles. The fourth-order valence-electron chi connectivity index (χ4n) is 0.841. The number of unbranched alkanes of at least 4 members (excludes halogenated alkanes) is 2. The Labute approximate surface area is 81.4 Å². The molecule has 0 fully saturated rings. The van der Waals surface area contributed by atoms with Crippen LogP contribution in [0.4, 0.5) is 0 Å². The maximum absolute atomic E-state index is 8.43. The van der Waals surface area contributed by atoms with E-state index in [0.717, 1.165) is 12.3 Å². The van der Waals surface area contributed by atoms with Crippen LogP contribution in [0.5, 0.6) is 0 Å². The molecule has 13 heavy (non-hydrogen) atoms. The highest BCUT2D eigenvalue weighted by Gasteiger charge is 1.92. The predicted octanol–water partition coefficient (Wildman–Crippen LogP) is 1.17. The fraction of sp³-hybridized carbons (Fsp3) is 1.00. The lowest BCUT2D eigenvalue weighted by atomic mass is 10.1. The third-order valence-corrected chi connectivity index (χ3v) is 1.54. The second-order valence-corrected chi connectivity index (χ2v) is 3.41. The molecule has 0 heterocycles. The topological polar surface area (TPSA) is 60.7 Å². The zero-order chi connectivity index (χ0) is 10.5. The van der Waals surface area contributed by atoms with Gasteiger partial charge in [-0.05, 0) is 12.3 Å². The second-order valence-electron chi connectivity index (χ2n) is 3.41. The van der Waals surface area contributed by atoms with Crippen molar-refractivity contribution in [2.45, 2.75) is 39.5 Å². The zero-order valence-corrected chi connectivity index (χ0v) is 8.87. The minimum absolute atomic E-state index is 0.125. The molecule has 0 radical (unpaired) electrons. The van der Waals surface area contributed by atoms with Crippen LogP contribution < -0.4 is 0 Å². The summed E-state index contributed by atoms with van der Waals surface area (Å²) in [7, 11) is 0. The minimum Gasteiger partial charge on any atom is -0.396 e. The van der Waals surface area contributed by atoms with E-state index in [2.05, 4.69) is 13.8 Å². The molecule has 3 heteroatoms. The van der Waals surface area contributed by atoms with Gasteiger partial charge in [0.1, 0.15) is 0 Å². The minimum atomic E-state index is -0.125. The van der Waals surface area contributed by atoms with Gasteiger partial charge in [0.2, 0.25) is 0 Å². The molecule has 3 nitrogen and oxygen atoms in total. The molecule has 0 aliphatic carbocycles. The van der Waals surface area contributed by atoms with Crippen LogP contribution in [0.2, 0.25) is 0 Å². The Morgan fingerprint density at radius 3 is 1.62 bits per heavy atom. The van der Waals surface area contributed by atoms with Gasteiger partial charge in [0.05, 0.1) is 13.2 Å². The van der Waals surface area contributed by atoms with Gasteiger partial charge in [-0.2, -0.15) is 0 Å². The summed E-state index contributed by atoms with van der Waals surface area (Å²) in [4.78, 5) is 0. The van der Waals surface area contributed by atoms with Crippen molar-refractivity contribution >= 4 is 0 Å². The predicted molar refractivity (Wildman–Crippen MR) is 54.6 cm³/mol. The standard InChI is InChI=1S/C8H18O.C2H6O2/c1-8(2)6-4-3-5-7-9;3-1-2-4/h8-9H,3-7H2,1-2H3;3-4H,1-2H2. The van der Waals surface area contributed by atoms with Crippen LogP contribution in [-0.4, -0.2) is 35.1 Å². The molecule has 0 rings (SSSR count). The summed E-state index contributed by atoms with van der Waals surface area (Å²) in [6, 6.07) is 0. The van der Waals surface area contributed by atoms with E-state index >= 15 is 0 Å². The molecule has 0 aromatic carbocycles. The fourth-order valence-corrected chi connectivity index (χ4v) is 0.841. The van der Waals surface area contributed by atoms with Gasteiger partial charge < -0.3 is 15.3 Å². The Morgan fingerprint density at radius 2 is 1.31 bits per heavy atom. The molecular formula is C10H24O3. The summed E-state index contributed by atoms with van der Waals surface area (Å²) < 4.78 is 0. The van der Waals surface area contributed by atoms with Gasteiger partial charge in [-0.25, -0.2) is 0 Å². The molecule has 0 aliphatic rings. The van der Waals surface area contributed by atoms with Gasteiger partial charge in [0.25, 0.3) is 0 Å². The first kappa shape index (κ1) is 15.4. The Hall–Kier alpha value is -0.120. The van der Waals surface area contributed by atoms with Gasteiger partial charge in [0, 0.05) is 6.61 Å². The van der Waals surface area contributed by atoms with Crippen LogP contribution in [0.3, 0.4) is 0 Å². The van der Waals surface area contributed by atoms with Crippen LogP contribution in [0.25, 0.3) is 0 Å². The van der Waals surface area contributed by atoms with Crippen LogP contribution in [0.15, 0.2) is 0 Å². The molecule has 0 aromatic heterocycles. The average Bonchev–Trinajstić information content (AvgIpc) is 2.13. The van der Waals surface area contributed by atoms with Crippen molar-refractivity contribution in [2.24, 2.45) is 5.92 Å². The molecule has 0 unspecified atom stereocenters. The Bertz CT molecular complexity index is 72.6. The zero-order valence-electron chi connectivity index (χ0n) is 8.87. The number of rotatable bonds is 6. The Balaban J connectivity index is 0. The number of hydrogen-bond acceptors (Lipinski definition) is 3. The van der Waals surface area contributed by atoms with Crippen LogP contribution in [-0.2, 0) is 0 Å². The van der Waals surface area contributed by atoms with Crippen LogP contribution in [0.1, 0.15) is 39.5 Å². The van der Waals surface area contributed by atoms with Crippen molar-refractivity contribution in [2.75, 3.05) is 19.8 Å². The van der Waals surface area contributed by atoms with Gasteiger partial charge in [-0.15, -0.1) is 0 Å². The second kappa shape index (κ2) is 14.4. The smallest absolute Gasteiger partial charge is 0.0662 e. The monoisotopic (exact) mass is 192 g/mol. The largest absolute Gasteiger partial charge is 0.396 e. The van der Waals surface area contributed by atoms with Gasteiger partial charge in [-0.3, -0.25) is 0 Å². The number of aliphatic hydroxyl groups excluding tert-OH is 3. The van der Waals surface area contributed by atoms with E-state index < -0.39 is 0 Å². The maximum atomic E-state index is 8.43. The SMILES string of the molecule is CC(C)CCCCCO.OCCO. The highest BCUT2D eigenvalue weighted by atomic mass is 16.3. The highest BCUT2D eigenvalue weighted by Crippen LogP contribution is 2.06. The first-order chi connectivity index (χ1) is 6.18. The van der Waals surface area contributed by atoms with Gasteiger partial charge in [-0.1, -0.05) is 33.1 Å². The molecule has 0 amide bonds. The molecular weight excluding hydrogens is 168 g/mol. The van der Waals surface area contributed by atoms with E-state index in [1.54, 1.807) is 0 Å². The normalized spacial score (nSPS) is 9.69. The number of aliphatic hydroxyl groups is 3. The quantitative estimate of drug-likeness (QED) is 0.554. The van der Waals surface area contributed by atoms with Crippen molar-refractivity contribution in [3.8, 4) is 0 Å². The van der Waals surface area contributed by atoms with E-state index in [0.29, 0.717) is 6.61 Å². The molecule has 82 valence electrons. The first-order valence-corrected chi connectivity index (χ1v) is 5.01. The lowest BCUT2D eigenvalue weighted by Crippen LogP contribution is -1.88. The third kappa shape index (κ3) is 24.5. The van der Waals surface area contributed by atoms with E-state index in [1.165, 1.54) is 19.3 Å². The summed E-state index contributed by atoms with van der Waals surface area (Å²) >= 11 is 0. The van der Waals surface area contributed by atoms with E-state index in [4.69, 9.17) is 15.3 Å². The van der Waals surface area contributed by atoms with Crippen molar-refractivity contribution < 1.29 is 15.3 Å². The summed E-state index contributed by atoms with van der Waals surface area (Å²) in [5.41, 5.74) is 0. The summed E-state index contributed by atoms with van der Waals surface area (Å²) in [5, 5.41) is 23.7. The van der Waals surface area contributed by atoms with E-state index in [1.807, 2.05) is 0 Å². The lowest BCUT2D eigenvalue weighted by molar-refractivity contribution is 0.186. The maximum Gasteiger partial charge on any atom is 0.0662 e. The molecule has 0 saturated heterocycles. The average molecular weight is 192 g/mol. The molecule has 0 aromatic rings. The molecule has 0 atom stereocenters. The summed E-state index contributed by atoms with van der Waals surface area (Å²) in [6.07, 6.45) is 4.75. The van der Waals surface area contributed by atoms with Crippen LogP contribution >= 0.6 is 0 Å². The molecule has 0 spiro atoms. The van der Waals surface area contributed by atoms with Crippen molar-refractivity contribution in [3.05, 3.63) is 0 Å². The Morgan fingerprint density at radius 1 is 0.769 bits per heavy atom. The van der Waals surface area contributed by atoms with Gasteiger partial charge >= 0.3 is 0 Å². The van der Waals surface area contributed by atoms with Crippen molar-refractivity contribution in [3.63, 3.8) is 0 Å². The first-order valence-electron chi connectivity index (χ1n) is 5.01. The highest BCUT2D eigenvalue weighted by molar-refractivity contribution is 4.45. The third-order valence-electron chi connectivity index (χ3n) is 1.54.